The van der Waals surface area contributed by atoms with Crippen LogP contribution in [0.4, 0.5) is 11.5 Å². The lowest BCUT2D eigenvalue weighted by Gasteiger charge is -2.23. The highest BCUT2D eigenvalue weighted by atomic mass is 16.2. The summed E-state index contributed by atoms with van der Waals surface area (Å²) in [5, 5.41) is 0. The number of rotatable bonds is 5. The number of amides is 1. The van der Waals surface area contributed by atoms with Crippen LogP contribution < -0.4 is 9.80 Å². The van der Waals surface area contributed by atoms with E-state index < -0.39 is 0 Å². The predicted octanol–water partition coefficient (Wildman–Crippen LogP) is 3.75. The molecule has 1 aliphatic heterocycles. The molecule has 2 aromatic heterocycles. The van der Waals surface area contributed by atoms with Gasteiger partial charge in [-0.25, -0.2) is 4.98 Å². The molecule has 4 rings (SSSR count). The van der Waals surface area contributed by atoms with Gasteiger partial charge in [-0.1, -0.05) is 18.2 Å². The molecule has 1 unspecified atom stereocenters. The summed E-state index contributed by atoms with van der Waals surface area (Å²) in [5.74, 6) is 0.872. The fraction of sp³-hybridized carbons (Fsp3) is 0.261. The van der Waals surface area contributed by atoms with Crippen molar-refractivity contribution in [3.63, 3.8) is 0 Å². The fourth-order valence-corrected chi connectivity index (χ4v) is 3.71. The zero-order valence-corrected chi connectivity index (χ0v) is 16.2. The van der Waals surface area contributed by atoms with Crippen molar-refractivity contribution in [3.8, 4) is 0 Å². The van der Waals surface area contributed by atoms with Crippen molar-refractivity contribution >= 4 is 17.4 Å². The number of benzene rings is 1. The van der Waals surface area contributed by atoms with Crippen LogP contribution in [0, 0.1) is 0 Å². The largest absolute Gasteiger partial charge is 0.359 e. The lowest BCUT2D eigenvalue weighted by molar-refractivity contribution is 0.0981. The molecular weight excluding hydrogens is 348 g/mol. The number of para-hydroxylation sites is 1. The number of carbonyl (C=O) groups excluding carboxylic acids is 1. The van der Waals surface area contributed by atoms with Gasteiger partial charge in [0.2, 0.25) is 0 Å². The predicted molar refractivity (Wildman–Crippen MR) is 112 cm³/mol. The quantitative estimate of drug-likeness (QED) is 0.684. The van der Waals surface area contributed by atoms with Gasteiger partial charge in [-0.2, -0.15) is 0 Å². The van der Waals surface area contributed by atoms with E-state index >= 15 is 0 Å². The van der Waals surface area contributed by atoms with Crippen LogP contribution in [0.2, 0.25) is 0 Å². The Morgan fingerprint density at radius 3 is 2.68 bits per heavy atom. The average Bonchev–Trinajstić information content (AvgIpc) is 3.08. The molecule has 0 spiro atoms. The van der Waals surface area contributed by atoms with Crippen LogP contribution in [0.5, 0.6) is 0 Å². The number of hydrogen-bond donors (Lipinski definition) is 0. The van der Waals surface area contributed by atoms with E-state index in [2.05, 4.69) is 27.9 Å². The molecule has 1 aliphatic rings. The smallest absolute Gasteiger partial charge is 0.260 e. The van der Waals surface area contributed by atoms with Crippen molar-refractivity contribution in [2.45, 2.75) is 25.8 Å². The van der Waals surface area contributed by atoms with Gasteiger partial charge < -0.3 is 9.80 Å². The maximum atomic E-state index is 13.1. The number of fused-ring (bicyclic) bond motifs is 1. The maximum absolute atomic E-state index is 13.1. The molecule has 0 radical (unpaired) electrons. The first-order valence-corrected chi connectivity index (χ1v) is 9.61. The summed E-state index contributed by atoms with van der Waals surface area (Å²) in [6.07, 6.45) is 7.12. The monoisotopic (exact) mass is 372 g/mol. The molecule has 28 heavy (non-hydrogen) atoms. The third kappa shape index (κ3) is 3.60. The highest BCUT2D eigenvalue weighted by Gasteiger charge is 2.31. The van der Waals surface area contributed by atoms with E-state index in [1.165, 1.54) is 11.1 Å². The first-order valence-electron chi connectivity index (χ1n) is 9.61. The number of anilines is 2. The molecule has 1 aromatic carbocycles. The molecule has 5 nitrogen and oxygen atoms in total. The molecule has 3 aromatic rings. The number of pyridine rings is 2. The van der Waals surface area contributed by atoms with Gasteiger partial charge >= 0.3 is 0 Å². The standard InChI is InChI=1S/C23H24N4O/c1-17-15-19-5-3-4-6-21(19)27(17)23(28)20-7-8-22(25-16-20)26(2)14-11-18-9-12-24-13-10-18/h3-10,12-13,16-17H,11,14-15H2,1-2H3. The first kappa shape index (κ1) is 18.2. The summed E-state index contributed by atoms with van der Waals surface area (Å²) < 4.78 is 0. The third-order valence-electron chi connectivity index (χ3n) is 5.30. The van der Waals surface area contributed by atoms with Gasteiger partial charge in [0.1, 0.15) is 5.82 Å². The molecule has 5 heteroatoms. The number of aromatic nitrogens is 2. The zero-order chi connectivity index (χ0) is 19.5. The Labute approximate surface area is 165 Å². The Morgan fingerprint density at radius 1 is 1.14 bits per heavy atom. The summed E-state index contributed by atoms with van der Waals surface area (Å²) in [5.41, 5.74) is 4.10. The van der Waals surface area contributed by atoms with Gasteiger partial charge in [-0.15, -0.1) is 0 Å². The van der Waals surface area contributed by atoms with Crippen molar-refractivity contribution in [3.05, 3.63) is 83.8 Å². The topological polar surface area (TPSA) is 49.3 Å². The van der Waals surface area contributed by atoms with E-state index in [1.54, 1.807) is 6.20 Å². The van der Waals surface area contributed by atoms with Gasteiger partial charge in [0.05, 0.1) is 5.56 Å². The molecule has 0 saturated carbocycles. The Bertz CT molecular complexity index is 956. The number of likely N-dealkylation sites (N-methyl/N-ethyl adjacent to an activating group) is 1. The van der Waals surface area contributed by atoms with Gasteiger partial charge in [-0.05, 0) is 61.2 Å². The Hall–Kier alpha value is -3.21. The minimum absolute atomic E-state index is 0.0101. The summed E-state index contributed by atoms with van der Waals surface area (Å²) in [7, 11) is 2.02. The molecule has 0 bridgehead atoms. The van der Waals surface area contributed by atoms with Crippen LogP contribution in [0.3, 0.4) is 0 Å². The van der Waals surface area contributed by atoms with E-state index in [0.29, 0.717) is 5.56 Å². The fourth-order valence-electron chi connectivity index (χ4n) is 3.71. The summed E-state index contributed by atoms with van der Waals surface area (Å²) in [6.45, 7) is 2.94. The van der Waals surface area contributed by atoms with Crippen LogP contribution >= 0.6 is 0 Å². The molecule has 142 valence electrons. The number of nitrogens with zero attached hydrogens (tertiary/aromatic N) is 4. The van der Waals surface area contributed by atoms with E-state index in [-0.39, 0.29) is 11.9 Å². The van der Waals surface area contributed by atoms with Crippen molar-refractivity contribution in [1.29, 1.82) is 0 Å². The second-order valence-corrected chi connectivity index (χ2v) is 7.29. The van der Waals surface area contributed by atoms with Crippen LogP contribution in [-0.2, 0) is 12.8 Å². The normalized spacial score (nSPS) is 15.4. The van der Waals surface area contributed by atoms with Crippen LogP contribution in [-0.4, -0.2) is 35.5 Å². The first-order chi connectivity index (χ1) is 13.6. The lowest BCUT2D eigenvalue weighted by Crippen LogP contribution is -2.35. The molecule has 1 amide bonds. The second kappa shape index (κ2) is 7.80. The summed E-state index contributed by atoms with van der Waals surface area (Å²) in [6, 6.07) is 16.1. The van der Waals surface area contributed by atoms with Crippen molar-refractivity contribution < 1.29 is 4.79 Å². The highest BCUT2D eigenvalue weighted by Crippen LogP contribution is 2.33. The van der Waals surface area contributed by atoms with E-state index in [4.69, 9.17) is 0 Å². The third-order valence-corrected chi connectivity index (χ3v) is 5.30. The van der Waals surface area contributed by atoms with Crippen LogP contribution in [0.25, 0.3) is 0 Å². The second-order valence-electron chi connectivity index (χ2n) is 7.29. The highest BCUT2D eigenvalue weighted by molar-refractivity contribution is 6.07. The van der Waals surface area contributed by atoms with Gasteiger partial charge in [-0.3, -0.25) is 9.78 Å². The maximum Gasteiger partial charge on any atom is 0.260 e. The van der Waals surface area contributed by atoms with Crippen molar-refractivity contribution in [2.24, 2.45) is 0 Å². The van der Waals surface area contributed by atoms with E-state index in [9.17, 15) is 4.79 Å². The zero-order valence-electron chi connectivity index (χ0n) is 16.2. The Balaban J connectivity index is 1.45. The van der Waals surface area contributed by atoms with Gasteiger partial charge in [0, 0.05) is 43.9 Å². The van der Waals surface area contributed by atoms with Gasteiger partial charge in [0.15, 0.2) is 0 Å². The molecular formula is C23H24N4O. The average molecular weight is 372 g/mol. The number of hydrogen-bond acceptors (Lipinski definition) is 4. The summed E-state index contributed by atoms with van der Waals surface area (Å²) >= 11 is 0. The molecule has 0 fully saturated rings. The molecule has 0 aliphatic carbocycles. The molecule has 0 saturated heterocycles. The minimum atomic E-state index is 0.0101. The lowest BCUT2D eigenvalue weighted by atomic mass is 10.1. The van der Waals surface area contributed by atoms with E-state index in [1.807, 2.05) is 66.8 Å². The SMILES string of the molecule is CC1Cc2ccccc2N1C(=O)c1ccc(N(C)CCc2ccncc2)nc1. The van der Waals surface area contributed by atoms with Crippen LogP contribution in [0.15, 0.2) is 67.1 Å². The van der Waals surface area contributed by atoms with Crippen molar-refractivity contribution in [1.82, 2.24) is 9.97 Å². The minimum Gasteiger partial charge on any atom is -0.359 e. The van der Waals surface area contributed by atoms with E-state index in [0.717, 1.165) is 30.9 Å². The molecule has 0 N–H and O–H groups in total. The summed E-state index contributed by atoms with van der Waals surface area (Å²) in [4.78, 5) is 25.6. The van der Waals surface area contributed by atoms with Crippen molar-refractivity contribution in [2.75, 3.05) is 23.4 Å². The molecule has 1 atom stereocenters. The Kier molecular flexibility index (Phi) is 5.06. The van der Waals surface area contributed by atoms with Gasteiger partial charge in [0.25, 0.3) is 5.91 Å². The molecule has 3 heterocycles. The Morgan fingerprint density at radius 2 is 1.93 bits per heavy atom. The number of carbonyl (C=O) groups is 1. The van der Waals surface area contributed by atoms with Crippen LogP contribution in [0.1, 0.15) is 28.4 Å².